The molecule has 38 heavy (non-hydrogen) atoms. The molecule has 0 amide bonds. The number of benzene rings is 3. The summed E-state index contributed by atoms with van der Waals surface area (Å²) in [4.78, 5) is 11.8. The summed E-state index contributed by atoms with van der Waals surface area (Å²) in [5.41, 5.74) is 1.65. The summed E-state index contributed by atoms with van der Waals surface area (Å²) in [5.74, 6) is 1.28. The first kappa shape index (κ1) is 26.8. The number of aromatic nitrogens is 3. The van der Waals surface area contributed by atoms with Gasteiger partial charge in [0.25, 0.3) is 0 Å². The van der Waals surface area contributed by atoms with E-state index < -0.39 is 10.6 Å². The van der Waals surface area contributed by atoms with Gasteiger partial charge >= 0.3 is 5.70 Å². The van der Waals surface area contributed by atoms with Crippen LogP contribution >= 0.6 is 23.2 Å². The number of ether oxygens (including phenoxy) is 2. The highest BCUT2D eigenvalue weighted by Crippen LogP contribution is 2.31. The largest absolute Gasteiger partial charge is 0.494 e. The SMILES string of the molecule is CCOc1ccc(N/C(Cl)=C(Cl)/C(=C(/Nc2ccc(OCC)cc2)n2nnc3ccccc32)[N+](=O)[O-])cc1. The Bertz CT molecular complexity index is 1480. The number of allylic oxidation sites excluding steroid dienone is 1. The minimum absolute atomic E-state index is 0.0514. The highest BCUT2D eigenvalue weighted by Gasteiger charge is 2.29. The molecule has 0 aliphatic rings. The number of nitrogens with one attached hydrogen (secondary N) is 2. The molecule has 1 aromatic heterocycles. The van der Waals surface area contributed by atoms with Gasteiger partial charge in [-0.25, -0.2) is 0 Å². The average Bonchev–Trinajstić information content (AvgIpc) is 3.34. The van der Waals surface area contributed by atoms with Gasteiger partial charge in [-0.15, -0.1) is 5.10 Å². The predicted molar refractivity (Wildman–Crippen MR) is 149 cm³/mol. The van der Waals surface area contributed by atoms with Gasteiger partial charge in [0, 0.05) is 11.4 Å². The molecule has 4 rings (SSSR count). The second kappa shape index (κ2) is 12.3. The molecule has 0 saturated carbocycles. The Labute approximate surface area is 228 Å². The summed E-state index contributed by atoms with van der Waals surface area (Å²) in [6, 6.07) is 20.9. The van der Waals surface area contributed by atoms with Crippen molar-refractivity contribution in [3.05, 3.63) is 98.8 Å². The van der Waals surface area contributed by atoms with Gasteiger partial charge in [0.1, 0.15) is 22.2 Å². The number of halogens is 2. The normalized spacial score (nSPS) is 12.4. The van der Waals surface area contributed by atoms with E-state index in [4.69, 9.17) is 32.7 Å². The second-order valence-electron chi connectivity index (χ2n) is 7.74. The summed E-state index contributed by atoms with van der Waals surface area (Å²) < 4.78 is 12.2. The van der Waals surface area contributed by atoms with Crippen molar-refractivity contribution in [2.75, 3.05) is 23.8 Å². The van der Waals surface area contributed by atoms with Crippen molar-refractivity contribution >= 4 is 51.4 Å². The summed E-state index contributed by atoms with van der Waals surface area (Å²) >= 11 is 13.0. The molecule has 0 aliphatic carbocycles. The van der Waals surface area contributed by atoms with Crippen molar-refractivity contribution < 1.29 is 14.4 Å². The number of para-hydroxylation sites is 1. The van der Waals surface area contributed by atoms with Gasteiger partial charge in [-0.3, -0.25) is 10.1 Å². The van der Waals surface area contributed by atoms with Crippen LogP contribution in [0.1, 0.15) is 13.8 Å². The van der Waals surface area contributed by atoms with Crippen LogP contribution in [-0.4, -0.2) is 33.1 Å². The first-order valence-electron chi connectivity index (χ1n) is 11.7. The van der Waals surface area contributed by atoms with Crippen molar-refractivity contribution in [3.63, 3.8) is 0 Å². The van der Waals surface area contributed by atoms with E-state index in [0.717, 1.165) is 0 Å². The predicted octanol–water partition coefficient (Wildman–Crippen LogP) is 6.50. The first-order valence-corrected chi connectivity index (χ1v) is 12.4. The molecule has 0 atom stereocenters. The fourth-order valence-electron chi connectivity index (χ4n) is 3.54. The average molecular weight is 555 g/mol. The summed E-state index contributed by atoms with van der Waals surface area (Å²) in [6.45, 7) is 4.80. The molecule has 0 bridgehead atoms. The fraction of sp³-hybridized carbons (Fsp3) is 0.154. The van der Waals surface area contributed by atoms with Crippen molar-refractivity contribution in [1.29, 1.82) is 0 Å². The molecule has 0 unspecified atom stereocenters. The molecular formula is C26H24Cl2N6O4. The highest BCUT2D eigenvalue weighted by molar-refractivity contribution is 6.41. The Morgan fingerprint density at radius 2 is 1.45 bits per heavy atom. The zero-order valence-corrected chi connectivity index (χ0v) is 22.0. The summed E-state index contributed by atoms with van der Waals surface area (Å²) in [6.07, 6.45) is 0. The number of nitro groups is 1. The molecule has 1 heterocycles. The van der Waals surface area contributed by atoms with Crippen LogP contribution in [0, 0.1) is 10.1 Å². The lowest BCUT2D eigenvalue weighted by molar-refractivity contribution is -0.419. The number of anilines is 2. The van der Waals surface area contributed by atoms with Crippen LogP contribution in [0.4, 0.5) is 11.4 Å². The fourth-order valence-corrected chi connectivity index (χ4v) is 3.95. The number of fused-ring (bicyclic) bond motifs is 1. The maximum atomic E-state index is 12.4. The third-order valence-corrected chi connectivity index (χ3v) is 5.97. The third kappa shape index (κ3) is 6.16. The van der Waals surface area contributed by atoms with E-state index in [1.165, 1.54) is 4.68 Å². The van der Waals surface area contributed by atoms with Gasteiger partial charge in [-0.1, -0.05) is 40.5 Å². The minimum Gasteiger partial charge on any atom is -0.494 e. The molecule has 0 radical (unpaired) electrons. The van der Waals surface area contributed by atoms with E-state index in [0.29, 0.717) is 47.1 Å². The van der Waals surface area contributed by atoms with Crippen LogP contribution in [0.5, 0.6) is 11.5 Å². The first-order chi connectivity index (χ1) is 18.4. The molecule has 10 nitrogen and oxygen atoms in total. The molecule has 12 heteroatoms. The monoisotopic (exact) mass is 554 g/mol. The quantitative estimate of drug-likeness (QED) is 0.0932. The van der Waals surface area contributed by atoms with E-state index in [9.17, 15) is 10.1 Å². The number of rotatable bonds is 11. The van der Waals surface area contributed by atoms with Crippen molar-refractivity contribution in [3.8, 4) is 11.5 Å². The Hall–Kier alpha value is -4.28. The topological polar surface area (TPSA) is 116 Å². The van der Waals surface area contributed by atoms with Crippen LogP contribution in [0.3, 0.4) is 0 Å². The van der Waals surface area contributed by atoms with E-state index in [1.54, 1.807) is 72.8 Å². The molecule has 196 valence electrons. The zero-order valence-electron chi connectivity index (χ0n) is 20.5. The second-order valence-corrected chi connectivity index (χ2v) is 8.49. The molecule has 3 aromatic carbocycles. The zero-order chi connectivity index (χ0) is 27.1. The van der Waals surface area contributed by atoms with Gasteiger partial charge in [0.2, 0.25) is 5.82 Å². The number of hydrogen-bond acceptors (Lipinski definition) is 8. The van der Waals surface area contributed by atoms with Crippen molar-refractivity contribution in [2.45, 2.75) is 13.8 Å². The molecule has 0 saturated heterocycles. The molecule has 4 aromatic rings. The molecular weight excluding hydrogens is 531 g/mol. The lowest BCUT2D eigenvalue weighted by Gasteiger charge is -2.14. The van der Waals surface area contributed by atoms with Crippen LogP contribution < -0.4 is 20.1 Å². The highest BCUT2D eigenvalue weighted by atomic mass is 35.5. The molecule has 0 spiro atoms. The van der Waals surface area contributed by atoms with E-state index in [1.807, 2.05) is 13.8 Å². The van der Waals surface area contributed by atoms with Crippen LogP contribution in [0.15, 0.2) is 88.7 Å². The van der Waals surface area contributed by atoms with Crippen molar-refractivity contribution in [2.24, 2.45) is 0 Å². The Morgan fingerprint density at radius 1 is 0.895 bits per heavy atom. The maximum Gasteiger partial charge on any atom is 0.333 e. The number of hydrogen-bond donors (Lipinski definition) is 2. The van der Waals surface area contributed by atoms with Gasteiger partial charge in [-0.2, -0.15) is 4.68 Å². The van der Waals surface area contributed by atoms with Gasteiger partial charge in [-0.05, 0) is 74.5 Å². The smallest absolute Gasteiger partial charge is 0.333 e. The van der Waals surface area contributed by atoms with Gasteiger partial charge in [0.05, 0.1) is 23.7 Å². The van der Waals surface area contributed by atoms with Crippen LogP contribution in [-0.2, 0) is 0 Å². The van der Waals surface area contributed by atoms with Gasteiger partial charge < -0.3 is 20.1 Å². The molecule has 0 fully saturated rings. The summed E-state index contributed by atoms with van der Waals surface area (Å²) in [5, 5.41) is 26.2. The number of nitrogens with zero attached hydrogens (tertiary/aromatic N) is 4. The van der Waals surface area contributed by atoms with E-state index in [-0.39, 0.29) is 16.0 Å². The Morgan fingerprint density at radius 3 is 2.00 bits per heavy atom. The molecule has 2 N–H and O–H groups in total. The standard InChI is InChI=1S/C26H24Cl2N6O4/c1-3-37-19-13-9-17(10-14-19)29-25(28)23(27)24(34(35)36)26(30-18-11-15-20(16-12-18)38-4-2)33-22-8-6-5-7-21(22)31-32-33/h5-16,29-30H,3-4H2,1-2H3/b25-23-,26-24+. The van der Waals surface area contributed by atoms with Crippen molar-refractivity contribution in [1.82, 2.24) is 15.0 Å². The third-order valence-electron chi connectivity index (χ3n) is 5.22. The molecule has 0 aliphatic heterocycles. The Kier molecular flexibility index (Phi) is 8.67. The summed E-state index contributed by atoms with van der Waals surface area (Å²) in [7, 11) is 0. The maximum absolute atomic E-state index is 12.4. The van der Waals surface area contributed by atoms with E-state index >= 15 is 0 Å². The lowest BCUT2D eigenvalue weighted by Crippen LogP contribution is -2.17. The van der Waals surface area contributed by atoms with E-state index in [2.05, 4.69) is 20.9 Å². The Balaban J connectivity index is 1.81. The van der Waals surface area contributed by atoms with Crippen LogP contribution in [0.2, 0.25) is 0 Å². The van der Waals surface area contributed by atoms with Crippen LogP contribution in [0.25, 0.3) is 16.9 Å². The minimum atomic E-state index is -0.627. The lowest BCUT2D eigenvalue weighted by atomic mass is 10.2. The van der Waals surface area contributed by atoms with Gasteiger partial charge in [0.15, 0.2) is 5.03 Å².